The average molecular weight is 208 g/mol. The number of rotatable bonds is 6. The molecule has 0 aromatic heterocycles. The first-order valence-corrected chi connectivity index (χ1v) is 5.66. The molecule has 1 N–H and O–H groups in total. The fraction of sp³-hybridized carbons (Fsp3) is 0.538. The molecular weight excluding hydrogens is 188 g/mol. The fourth-order valence-corrected chi connectivity index (χ4v) is 1.46. The highest BCUT2D eigenvalue weighted by molar-refractivity contribution is 5.21. The molecule has 2 nitrogen and oxygen atoms in total. The summed E-state index contributed by atoms with van der Waals surface area (Å²) in [5.74, 6) is -0.268. The number of hydrogen-bond donors (Lipinski definition) is 1. The molecule has 1 unspecified atom stereocenters. The Balaban J connectivity index is 2.59. The molecule has 84 valence electrons. The van der Waals surface area contributed by atoms with Gasteiger partial charge in [-0.1, -0.05) is 38.5 Å². The third kappa shape index (κ3) is 3.92. The smallest absolute Gasteiger partial charge is 0.207 e. The Morgan fingerprint density at radius 3 is 2.40 bits per heavy atom. The Morgan fingerprint density at radius 2 is 1.87 bits per heavy atom. The molecule has 2 heteroatoms. The van der Waals surface area contributed by atoms with E-state index in [1.807, 2.05) is 37.3 Å². The Kier molecular flexibility index (Phi) is 4.63. The van der Waals surface area contributed by atoms with E-state index in [2.05, 4.69) is 6.92 Å². The first-order valence-electron chi connectivity index (χ1n) is 5.66. The van der Waals surface area contributed by atoms with Gasteiger partial charge in [0, 0.05) is 12.8 Å². The second-order valence-corrected chi connectivity index (χ2v) is 3.82. The van der Waals surface area contributed by atoms with E-state index in [9.17, 15) is 5.11 Å². The third-order valence-electron chi connectivity index (χ3n) is 2.52. The highest BCUT2D eigenvalue weighted by atomic mass is 16.6. The van der Waals surface area contributed by atoms with Crippen LogP contribution < -0.4 is 4.74 Å². The van der Waals surface area contributed by atoms with Crippen molar-refractivity contribution in [2.75, 3.05) is 0 Å². The molecule has 0 aliphatic rings. The highest BCUT2D eigenvalue weighted by Crippen LogP contribution is 2.23. The average Bonchev–Trinajstić information content (AvgIpc) is 2.28. The van der Waals surface area contributed by atoms with Crippen molar-refractivity contribution in [1.82, 2.24) is 0 Å². The van der Waals surface area contributed by atoms with Gasteiger partial charge in [-0.3, -0.25) is 0 Å². The minimum absolute atomic E-state index is 0.613. The summed E-state index contributed by atoms with van der Waals surface area (Å²) in [5, 5.41) is 10.2. The molecule has 1 aromatic rings. The maximum atomic E-state index is 10.2. The molecule has 1 rings (SSSR count). The lowest BCUT2D eigenvalue weighted by Gasteiger charge is -2.27. The fourth-order valence-electron chi connectivity index (χ4n) is 1.46. The van der Waals surface area contributed by atoms with E-state index < -0.39 is 5.79 Å². The van der Waals surface area contributed by atoms with Gasteiger partial charge in [0.2, 0.25) is 5.79 Å². The lowest BCUT2D eigenvalue weighted by Crippen LogP contribution is -2.34. The number of benzene rings is 1. The lowest BCUT2D eigenvalue weighted by molar-refractivity contribution is -0.145. The van der Waals surface area contributed by atoms with Gasteiger partial charge in [0.1, 0.15) is 5.75 Å². The van der Waals surface area contributed by atoms with E-state index in [4.69, 9.17) is 4.74 Å². The van der Waals surface area contributed by atoms with Crippen LogP contribution in [-0.4, -0.2) is 10.9 Å². The molecule has 1 aromatic carbocycles. The Labute approximate surface area is 91.9 Å². The van der Waals surface area contributed by atoms with Crippen molar-refractivity contribution in [2.24, 2.45) is 0 Å². The van der Waals surface area contributed by atoms with Gasteiger partial charge >= 0.3 is 0 Å². The molecule has 0 heterocycles. The van der Waals surface area contributed by atoms with Gasteiger partial charge in [-0.2, -0.15) is 0 Å². The van der Waals surface area contributed by atoms with Gasteiger partial charge in [-0.25, -0.2) is 0 Å². The first-order chi connectivity index (χ1) is 7.20. The second kappa shape index (κ2) is 5.76. The molecule has 0 saturated carbocycles. The van der Waals surface area contributed by atoms with Crippen LogP contribution >= 0.6 is 0 Å². The zero-order valence-corrected chi connectivity index (χ0v) is 9.57. The van der Waals surface area contributed by atoms with Gasteiger partial charge < -0.3 is 9.84 Å². The molecule has 1 atom stereocenters. The third-order valence-corrected chi connectivity index (χ3v) is 2.52. The predicted octanol–water partition coefficient (Wildman–Crippen LogP) is 3.35. The van der Waals surface area contributed by atoms with Gasteiger partial charge in [0.05, 0.1) is 0 Å². The molecule has 0 amide bonds. The largest absolute Gasteiger partial charge is 0.463 e. The van der Waals surface area contributed by atoms with Crippen molar-refractivity contribution >= 4 is 0 Å². The molecule has 0 radical (unpaired) electrons. The summed E-state index contributed by atoms with van der Waals surface area (Å²) in [4.78, 5) is 0. The number of ether oxygens (including phenoxy) is 1. The number of unbranched alkanes of at least 4 members (excludes halogenated alkanes) is 1. The number of hydrogen-bond acceptors (Lipinski definition) is 2. The summed E-state index contributed by atoms with van der Waals surface area (Å²) in [5.41, 5.74) is 0. The van der Waals surface area contributed by atoms with Crippen LogP contribution in [0, 0.1) is 0 Å². The van der Waals surface area contributed by atoms with Crippen LogP contribution in [0.4, 0.5) is 0 Å². The summed E-state index contributed by atoms with van der Waals surface area (Å²) in [6.07, 6.45) is 3.36. The minimum Gasteiger partial charge on any atom is -0.463 e. The maximum Gasteiger partial charge on any atom is 0.207 e. The molecule has 0 spiro atoms. The molecule has 0 aliphatic carbocycles. The van der Waals surface area contributed by atoms with Crippen molar-refractivity contribution in [3.8, 4) is 5.75 Å². The van der Waals surface area contributed by atoms with Crippen LogP contribution in [0.25, 0.3) is 0 Å². The van der Waals surface area contributed by atoms with Crippen LogP contribution in [0.3, 0.4) is 0 Å². The summed E-state index contributed by atoms with van der Waals surface area (Å²) < 4.78 is 5.61. The summed E-state index contributed by atoms with van der Waals surface area (Å²) in [7, 11) is 0. The van der Waals surface area contributed by atoms with Gasteiger partial charge in [0.15, 0.2) is 0 Å². The van der Waals surface area contributed by atoms with Crippen molar-refractivity contribution < 1.29 is 9.84 Å². The van der Waals surface area contributed by atoms with E-state index in [0.29, 0.717) is 12.8 Å². The van der Waals surface area contributed by atoms with E-state index in [1.165, 1.54) is 0 Å². The molecule has 0 bridgehead atoms. The first kappa shape index (κ1) is 12.1. The highest BCUT2D eigenvalue weighted by Gasteiger charge is 2.25. The standard InChI is InChI=1S/C13H20O2/c1-3-5-11-13(14,4-2)15-12-9-7-6-8-10-12/h6-10,14H,3-5,11H2,1-2H3. The van der Waals surface area contributed by atoms with Crippen LogP contribution in [-0.2, 0) is 0 Å². The van der Waals surface area contributed by atoms with E-state index in [1.54, 1.807) is 0 Å². The van der Waals surface area contributed by atoms with E-state index in [0.717, 1.165) is 18.6 Å². The Bertz CT molecular complexity index is 271. The monoisotopic (exact) mass is 208 g/mol. The zero-order valence-electron chi connectivity index (χ0n) is 9.57. The van der Waals surface area contributed by atoms with E-state index in [-0.39, 0.29) is 0 Å². The molecule has 0 fully saturated rings. The number of aliphatic hydroxyl groups is 1. The normalized spacial score (nSPS) is 14.6. The summed E-state index contributed by atoms with van der Waals surface area (Å²) >= 11 is 0. The van der Waals surface area contributed by atoms with Crippen molar-refractivity contribution in [1.29, 1.82) is 0 Å². The van der Waals surface area contributed by atoms with Gasteiger partial charge in [-0.05, 0) is 18.6 Å². The SMILES string of the molecule is CCCCC(O)(CC)Oc1ccccc1. The van der Waals surface area contributed by atoms with Crippen molar-refractivity contribution in [3.63, 3.8) is 0 Å². The molecule has 0 aliphatic heterocycles. The molecule has 0 saturated heterocycles. The summed E-state index contributed by atoms with van der Waals surface area (Å²) in [6.45, 7) is 4.05. The Hall–Kier alpha value is -1.02. The lowest BCUT2D eigenvalue weighted by atomic mass is 10.1. The quantitative estimate of drug-likeness (QED) is 0.726. The van der Waals surface area contributed by atoms with Gasteiger partial charge in [0.25, 0.3) is 0 Å². The number of para-hydroxylation sites is 1. The van der Waals surface area contributed by atoms with Crippen molar-refractivity contribution in [3.05, 3.63) is 30.3 Å². The van der Waals surface area contributed by atoms with Crippen LogP contribution in [0.5, 0.6) is 5.75 Å². The predicted molar refractivity (Wildman–Crippen MR) is 61.8 cm³/mol. The molecule has 15 heavy (non-hydrogen) atoms. The van der Waals surface area contributed by atoms with Crippen molar-refractivity contribution in [2.45, 2.75) is 45.3 Å². The Morgan fingerprint density at radius 1 is 1.20 bits per heavy atom. The maximum absolute atomic E-state index is 10.2. The topological polar surface area (TPSA) is 29.5 Å². The minimum atomic E-state index is -1.00. The van der Waals surface area contributed by atoms with E-state index >= 15 is 0 Å². The zero-order chi connectivity index (χ0) is 11.1. The van der Waals surface area contributed by atoms with Crippen LogP contribution in [0.2, 0.25) is 0 Å². The van der Waals surface area contributed by atoms with Crippen LogP contribution in [0.15, 0.2) is 30.3 Å². The second-order valence-electron chi connectivity index (χ2n) is 3.82. The summed E-state index contributed by atoms with van der Waals surface area (Å²) in [6, 6.07) is 9.49. The molecular formula is C13H20O2. The van der Waals surface area contributed by atoms with Crippen LogP contribution in [0.1, 0.15) is 39.5 Å². The van der Waals surface area contributed by atoms with Gasteiger partial charge in [-0.15, -0.1) is 0 Å².